The molecule has 1 aliphatic rings. The van der Waals surface area contributed by atoms with Gasteiger partial charge < -0.3 is 14.7 Å². The lowest BCUT2D eigenvalue weighted by atomic mass is 10.1. The average Bonchev–Trinajstić information content (AvgIpc) is 3.04. The first-order valence-electron chi connectivity index (χ1n) is 8.59. The molecule has 1 fully saturated rings. The van der Waals surface area contributed by atoms with Crippen LogP contribution >= 0.6 is 0 Å². The molecule has 2 aromatic rings. The van der Waals surface area contributed by atoms with Crippen molar-refractivity contribution in [2.45, 2.75) is 13.0 Å². The normalized spacial score (nSPS) is 16.7. The minimum atomic E-state index is -0.447. The number of para-hydroxylation sites is 1. The molecule has 0 aromatic heterocycles. The Morgan fingerprint density at radius 2 is 2.07 bits per heavy atom. The maximum Gasteiger partial charge on any atom is 0.245 e. The number of hydrogen-bond acceptors (Lipinski definition) is 5. The number of rotatable bonds is 6. The number of likely N-dealkylation sites (tertiary alicyclic amines) is 1. The number of methoxy groups -OCH3 is 1. The Morgan fingerprint density at radius 1 is 1.30 bits per heavy atom. The molecular weight excluding hydrogens is 346 g/mol. The molecule has 1 heterocycles. The molecule has 1 aliphatic heterocycles. The summed E-state index contributed by atoms with van der Waals surface area (Å²) in [5.74, 6) is -0.547. The van der Waals surface area contributed by atoms with Crippen LogP contribution in [0.1, 0.15) is 17.5 Å². The molecule has 1 atom stereocenters. The number of ether oxygens (including phenoxy) is 1. The molecule has 7 heteroatoms. The van der Waals surface area contributed by atoms with Crippen molar-refractivity contribution in [3.05, 3.63) is 59.7 Å². The second-order valence-electron chi connectivity index (χ2n) is 6.29. The number of hydrogen-bond donors (Lipinski definition) is 2. The number of carbonyl (C=O) groups excluding carboxylic acids is 2. The number of nitrogens with one attached hydrogen (secondary N) is 1. The molecule has 3 rings (SSSR count). The van der Waals surface area contributed by atoms with Crippen molar-refractivity contribution >= 4 is 18.0 Å². The Morgan fingerprint density at radius 3 is 2.81 bits per heavy atom. The van der Waals surface area contributed by atoms with Crippen molar-refractivity contribution < 1.29 is 19.4 Å². The summed E-state index contributed by atoms with van der Waals surface area (Å²) in [5.41, 5.74) is 3.89. The maximum absolute atomic E-state index is 12.3. The van der Waals surface area contributed by atoms with Gasteiger partial charge in [-0.15, -0.1) is 0 Å². The molecule has 7 nitrogen and oxygen atoms in total. The van der Waals surface area contributed by atoms with E-state index in [1.54, 1.807) is 23.1 Å². The van der Waals surface area contributed by atoms with Gasteiger partial charge in [0.2, 0.25) is 11.8 Å². The van der Waals surface area contributed by atoms with Gasteiger partial charge in [-0.25, -0.2) is 5.43 Å². The molecule has 2 aromatic carbocycles. The minimum Gasteiger partial charge on any atom is -0.504 e. The highest BCUT2D eigenvalue weighted by Gasteiger charge is 2.34. The first-order chi connectivity index (χ1) is 13.1. The molecule has 0 spiro atoms. The molecule has 0 radical (unpaired) electrons. The molecule has 27 heavy (non-hydrogen) atoms. The fourth-order valence-corrected chi connectivity index (χ4v) is 2.97. The van der Waals surface area contributed by atoms with Crippen molar-refractivity contribution in [2.75, 3.05) is 13.7 Å². The summed E-state index contributed by atoms with van der Waals surface area (Å²) in [5, 5.41) is 13.9. The first kappa shape index (κ1) is 18.4. The smallest absolute Gasteiger partial charge is 0.245 e. The molecule has 2 amide bonds. The molecule has 0 saturated carbocycles. The van der Waals surface area contributed by atoms with Crippen LogP contribution in [0.5, 0.6) is 11.5 Å². The summed E-state index contributed by atoms with van der Waals surface area (Å²) in [4.78, 5) is 26.1. The zero-order chi connectivity index (χ0) is 19.2. The topological polar surface area (TPSA) is 91.2 Å². The number of benzene rings is 2. The third kappa shape index (κ3) is 4.44. The Hall–Kier alpha value is -3.35. The highest BCUT2D eigenvalue weighted by molar-refractivity contribution is 5.90. The zero-order valence-electron chi connectivity index (χ0n) is 15.0. The molecule has 2 N–H and O–H groups in total. The maximum atomic E-state index is 12.3. The van der Waals surface area contributed by atoms with Crippen LogP contribution in [0, 0.1) is 5.92 Å². The Labute approximate surface area is 157 Å². The Bertz CT molecular complexity index is 852. The lowest BCUT2D eigenvalue weighted by molar-refractivity contribution is -0.129. The van der Waals surface area contributed by atoms with E-state index in [1.165, 1.54) is 13.3 Å². The van der Waals surface area contributed by atoms with Crippen LogP contribution in [-0.4, -0.2) is 41.7 Å². The predicted molar refractivity (Wildman–Crippen MR) is 100 cm³/mol. The van der Waals surface area contributed by atoms with Gasteiger partial charge in [-0.05, 0) is 17.7 Å². The van der Waals surface area contributed by atoms with Crippen LogP contribution in [0.4, 0.5) is 0 Å². The van der Waals surface area contributed by atoms with E-state index in [0.717, 1.165) is 5.56 Å². The van der Waals surface area contributed by atoms with E-state index < -0.39 is 5.92 Å². The van der Waals surface area contributed by atoms with Crippen molar-refractivity contribution in [3.63, 3.8) is 0 Å². The number of hydrazone groups is 1. The fourth-order valence-electron chi connectivity index (χ4n) is 2.97. The minimum absolute atomic E-state index is 0.0478. The molecule has 140 valence electrons. The van der Waals surface area contributed by atoms with Gasteiger partial charge in [-0.1, -0.05) is 36.4 Å². The van der Waals surface area contributed by atoms with Crippen molar-refractivity contribution in [3.8, 4) is 11.5 Å². The largest absolute Gasteiger partial charge is 0.504 e. The average molecular weight is 367 g/mol. The van der Waals surface area contributed by atoms with Crippen LogP contribution in [0.2, 0.25) is 0 Å². The highest BCUT2D eigenvalue weighted by atomic mass is 16.5. The van der Waals surface area contributed by atoms with E-state index in [1.807, 2.05) is 30.3 Å². The SMILES string of the molecule is COc1cccc(/C=N/NC(=O)C2CC(=O)N(Cc3ccccc3)C2)c1O. The molecule has 1 saturated heterocycles. The van der Waals surface area contributed by atoms with Crippen molar-refractivity contribution in [2.24, 2.45) is 11.0 Å². The Balaban J connectivity index is 1.57. The van der Waals surface area contributed by atoms with E-state index >= 15 is 0 Å². The Kier molecular flexibility index (Phi) is 5.71. The third-order valence-corrected chi connectivity index (χ3v) is 4.43. The summed E-state index contributed by atoms with van der Waals surface area (Å²) < 4.78 is 5.02. The number of phenols is 1. The number of carbonyl (C=O) groups is 2. The lowest BCUT2D eigenvalue weighted by Crippen LogP contribution is -2.30. The highest BCUT2D eigenvalue weighted by Crippen LogP contribution is 2.28. The summed E-state index contributed by atoms with van der Waals surface area (Å²) in [6.07, 6.45) is 1.51. The molecule has 1 unspecified atom stereocenters. The van der Waals surface area contributed by atoms with Crippen LogP contribution in [0.15, 0.2) is 53.6 Å². The van der Waals surface area contributed by atoms with Crippen LogP contribution in [0.25, 0.3) is 0 Å². The zero-order valence-corrected chi connectivity index (χ0v) is 15.0. The van der Waals surface area contributed by atoms with Gasteiger partial charge in [-0.2, -0.15) is 5.10 Å². The van der Waals surface area contributed by atoms with E-state index in [0.29, 0.717) is 24.4 Å². The number of phenolic OH excluding ortho intramolecular Hbond substituents is 1. The van der Waals surface area contributed by atoms with Gasteiger partial charge >= 0.3 is 0 Å². The van der Waals surface area contributed by atoms with Crippen LogP contribution < -0.4 is 10.2 Å². The molecule has 0 aliphatic carbocycles. The van der Waals surface area contributed by atoms with Crippen molar-refractivity contribution in [1.82, 2.24) is 10.3 Å². The van der Waals surface area contributed by atoms with E-state index in [9.17, 15) is 14.7 Å². The lowest BCUT2D eigenvalue weighted by Gasteiger charge is -2.16. The van der Waals surface area contributed by atoms with Gasteiger partial charge in [0.15, 0.2) is 11.5 Å². The number of amides is 2. The van der Waals surface area contributed by atoms with Gasteiger partial charge in [0, 0.05) is 25.1 Å². The standard InChI is InChI=1S/C20H21N3O4/c1-27-17-9-5-8-15(19(17)25)11-21-22-20(26)16-10-18(24)23(13-16)12-14-6-3-2-4-7-14/h2-9,11,16,25H,10,12-13H2,1H3,(H,22,26)/b21-11+. The predicted octanol–water partition coefficient (Wildman–Crippen LogP) is 1.90. The quantitative estimate of drug-likeness (QED) is 0.603. The summed E-state index contributed by atoms with van der Waals surface area (Å²) >= 11 is 0. The van der Waals surface area contributed by atoms with Gasteiger partial charge in [0.1, 0.15) is 0 Å². The van der Waals surface area contributed by atoms with E-state index in [2.05, 4.69) is 10.5 Å². The van der Waals surface area contributed by atoms with Gasteiger partial charge in [-0.3, -0.25) is 9.59 Å². The number of nitrogens with zero attached hydrogens (tertiary/aromatic N) is 2. The number of aromatic hydroxyl groups is 1. The van der Waals surface area contributed by atoms with Crippen molar-refractivity contribution in [1.29, 1.82) is 0 Å². The van der Waals surface area contributed by atoms with Crippen LogP contribution in [0.3, 0.4) is 0 Å². The molecular formula is C20H21N3O4. The van der Waals surface area contributed by atoms with E-state index in [-0.39, 0.29) is 24.0 Å². The first-order valence-corrected chi connectivity index (χ1v) is 8.59. The summed E-state index contributed by atoms with van der Waals surface area (Å²) in [7, 11) is 1.45. The van der Waals surface area contributed by atoms with Gasteiger partial charge in [0.05, 0.1) is 19.2 Å². The van der Waals surface area contributed by atoms with Gasteiger partial charge in [0.25, 0.3) is 0 Å². The summed E-state index contributed by atoms with van der Waals surface area (Å²) in [6, 6.07) is 14.6. The second kappa shape index (κ2) is 8.35. The van der Waals surface area contributed by atoms with Crippen LogP contribution in [-0.2, 0) is 16.1 Å². The summed E-state index contributed by atoms with van der Waals surface area (Å²) in [6.45, 7) is 0.851. The molecule has 0 bridgehead atoms. The monoisotopic (exact) mass is 367 g/mol. The second-order valence-corrected chi connectivity index (χ2v) is 6.29. The fraction of sp³-hybridized carbons (Fsp3) is 0.250. The van der Waals surface area contributed by atoms with E-state index in [4.69, 9.17) is 4.74 Å². The third-order valence-electron chi connectivity index (χ3n) is 4.43.